The number of rotatable bonds is 8. The summed E-state index contributed by atoms with van der Waals surface area (Å²) in [5.41, 5.74) is 2.07. The maximum atomic E-state index is 13.4. The number of amides is 2. The average Bonchev–Trinajstić information content (AvgIpc) is 3.55. The number of ether oxygens (including phenoxy) is 1. The van der Waals surface area contributed by atoms with E-state index in [1.807, 2.05) is 34.3 Å². The summed E-state index contributed by atoms with van der Waals surface area (Å²) in [6.45, 7) is 2.73. The van der Waals surface area contributed by atoms with Gasteiger partial charge in [-0.1, -0.05) is 12.1 Å². The van der Waals surface area contributed by atoms with Crippen molar-refractivity contribution < 1.29 is 14.3 Å². The van der Waals surface area contributed by atoms with E-state index in [9.17, 15) is 9.59 Å². The first-order valence-electron chi connectivity index (χ1n) is 9.87. The molecule has 0 unspecified atom stereocenters. The van der Waals surface area contributed by atoms with Crippen LogP contribution in [-0.2, 0) is 9.53 Å². The summed E-state index contributed by atoms with van der Waals surface area (Å²) < 4.78 is 5.17. The molecule has 1 aliphatic rings. The first-order chi connectivity index (χ1) is 15.1. The summed E-state index contributed by atoms with van der Waals surface area (Å²) in [7, 11) is 1.59. The number of carbonyl (C=O) groups is 2. The van der Waals surface area contributed by atoms with E-state index >= 15 is 0 Å². The van der Waals surface area contributed by atoms with Crippen molar-refractivity contribution in [3.63, 3.8) is 0 Å². The number of carbonyl (C=O) groups excluding carboxylic acids is 2. The predicted octanol–water partition coefficient (Wildman–Crippen LogP) is 4.65. The van der Waals surface area contributed by atoms with Crippen molar-refractivity contribution in [1.82, 2.24) is 9.91 Å². The van der Waals surface area contributed by atoms with Gasteiger partial charge in [-0.3, -0.25) is 9.59 Å². The summed E-state index contributed by atoms with van der Waals surface area (Å²) >= 11 is 4.63. The Morgan fingerprint density at radius 1 is 1.16 bits per heavy atom. The minimum Gasteiger partial charge on any atom is -0.383 e. The molecule has 0 fully saturated rings. The maximum absolute atomic E-state index is 13.4. The molecule has 2 amide bonds. The quantitative estimate of drug-likeness (QED) is 0.479. The van der Waals surface area contributed by atoms with E-state index in [4.69, 9.17) is 9.84 Å². The van der Waals surface area contributed by atoms with Crippen LogP contribution in [0.3, 0.4) is 0 Å². The van der Waals surface area contributed by atoms with Gasteiger partial charge in [-0.05, 0) is 46.8 Å². The summed E-state index contributed by atoms with van der Waals surface area (Å²) in [5, 5.41) is 12.2. The first kappa shape index (κ1) is 21.9. The highest BCUT2D eigenvalue weighted by atomic mass is 32.1. The maximum Gasteiger partial charge on any atom is 0.264 e. The standard InChI is InChI=1S/C22H23N3O3S3/c1-15-7-12-31-21(15)17-13-16(18-5-3-10-29-18)23-25(17)20(26)14-24(8-9-28-2)22(27)19-6-4-11-30-19/h3-7,10-12,17H,8-9,13-14H2,1-2H3/t17-/m0/s1. The predicted molar refractivity (Wildman–Crippen MR) is 126 cm³/mol. The lowest BCUT2D eigenvalue weighted by Crippen LogP contribution is -2.42. The van der Waals surface area contributed by atoms with Crippen LogP contribution >= 0.6 is 34.0 Å². The zero-order valence-corrected chi connectivity index (χ0v) is 19.8. The Labute approximate surface area is 193 Å². The van der Waals surface area contributed by atoms with Crippen molar-refractivity contribution in [2.24, 2.45) is 5.10 Å². The number of thiophene rings is 3. The van der Waals surface area contributed by atoms with E-state index in [0.717, 1.165) is 21.0 Å². The van der Waals surface area contributed by atoms with E-state index in [-0.39, 0.29) is 24.4 Å². The molecular weight excluding hydrogens is 450 g/mol. The lowest BCUT2D eigenvalue weighted by atomic mass is 10.1. The molecule has 0 radical (unpaired) electrons. The van der Waals surface area contributed by atoms with Crippen LogP contribution in [0, 0.1) is 6.92 Å². The van der Waals surface area contributed by atoms with Gasteiger partial charge in [-0.25, -0.2) is 5.01 Å². The Morgan fingerprint density at radius 2 is 1.97 bits per heavy atom. The number of aryl methyl sites for hydroxylation is 1. The van der Waals surface area contributed by atoms with Gasteiger partial charge in [0.1, 0.15) is 6.54 Å². The first-order valence-corrected chi connectivity index (χ1v) is 12.5. The minimum absolute atomic E-state index is 0.0394. The highest BCUT2D eigenvalue weighted by molar-refractivity contribution is 7.12. The van der Waals surface area contributed by atoms with E-state index in [0.29, 0.717) is 24.4 Å². The zero-order chi connectivity index (χ0) is 21.8. The van der Waals surface area contributed by atoms with Gasteiger partial charge in [0.25, 0.3) is 11.8 Å². The summed E-state index contributed by atoms with van der Waals surface area (Å²) in [4.78, 5) is 30.7. The number of hydrogen-bond acceptors (Lipinski definition) is 7. The molecule has 0 saturated heterocycles. The van der Waals surface area contributed by atoms with Crippen LogP contribution in [-0.4, -0.2) is 54.2 Å². The van der Waals surface area contributed by atoms with Crippen LogP contribution < -0.4 is 0 Å². The Hall–Kier alpha value is -2.33. The lowest BCUT2D eigenvalue weighted by Gasteiger charge is -2.26. The Morgan fingerprint density at radius 3 is 2.61 bits per heavy atom. The van der Waals surface area contributed by atoms with Crippen LogP contribution in [0.15, 0.2) is 51.6 Å². The van der Waals surface area contributed by atoms with Gasteiger partial charge in [0, 0.05) is 25.0 Å². The summed E-state index contributed by atoms with van der Waals surface area (Å²) in [6, 6.07) is 9.55. The minimum atomic E-state index is -0.189. The molecule has 1 aliphatic heterocycles. The van der Waals surface area contributed by atoms with Crippen molar-refractivity contribution in [3.8, 4) is 0 Å². The Balaban J connectivity index is 1.59. The van der Waals surface area contributed by atoms with Crippen molar-refractivity contribution in [3.05, 3.63) is 66.7 Å². The second kappa shape index (κ2) is 9.86. The molecule has 9 heteroatoms. The van der Waals surface area contributed by atoms with Crippen molar-refractivity contribution in [2.75, 3.05) is 26.8 Å². The molecule has 6 nitrogen and oxygen atoms in total. The normalized spacial score (nSPS) is 15.9. The number of hydrazone groups is 1. The topological polar surface area (TPSA) is 62.2 Å². The number of nitrogens with zero attached hydrogens (tertiary/aromatic N) is 3. The van der Waals surface area contributed by atoms with Crippen molar-refractivity contribution in [1.29, 1.82) is 0 Å². The fourth-order valence-corrected chi connectivity index (χ4v) is 5.93. The van der Waals surface area contributed by atoms with Gasteiger partial charge < -0.3 is 9.64 Å². The van der Waals surface area contributed by atoms with Gasteiger partial charge in [0.15, 0.2) is 0 Å². The second-order valence-electron chi connectivity index (χ2n) is 7.15. The third kappa shape index (κ3) is 4.79. The molecule has 0 saturated carbocycles. The van der Waals surface area contributed by atoms with Gasteiger partial charge in [-0.2, -0.15) is 5.10 Å². The molecule has 0 aliphatic carbocycles. The Bertz CT molecular complexity index is 1060. The monoisotopic (exact) mass is 473 g/mol. The van der Waals surface area contributed by atoms with Crippen LogP contribution in [0.25, 0.3) is 0 Å². The molecule has 1 atom stereocenters. The molecule has 3 aromatic rings. The number of methoxy groups -OCH3 is 1. The largest absolute Gasteiger partial charge is 0.383 e. The van der Waals surface area contributed by atoms with E-state index in [1.54, 1.807) is 45.8 Å². The van der Waals surface area contributed by atoms with Gasteiger partial charge >= 0.3 is 0 Å². The summed E-state index contributed by atoms with van der Waals surface area (Å²) in [6.07, 6.45) is 0.671. The van der Waals surface area contributed by atoms with Gasteiger partial charge in [0.2, 0.25) is 0 Å². The number of hydrogen-bond donors (Lipinski definition) is 0. The van der Waals surface area contributed by atoms with Crippen LogP contribution in [0.1, 0.15) is 37.5 Å². The van der Waals surface area contributed by atoms with Crippen LogP contribution in [0.2, 0.25) is 0 Å². The Kier molecular flexibility index (Phi) is 6.96. The van der Waals surface area contributed by atoms with Crippen LogP contribution in [0.5, 0.6) is 0 Å². The fraction of sp³-hybridized carbons (Fsp3) is 0.318. The third-order valence-corrected chi connectivity index (χ3v) is 7.98. The lowest BCUT2D eigenvalue weighted by molar-refractivity contribution is -0.133. The average molecular weight is 474 g/mol. The SMILES string of the molecule is COCCN(CC(=O)N1N=C(c2cccs2)C[C@H]1c1sccc1C)C(=O)c1cccs1. The fourth-order valence-electron chi connectivity index (χ4n) is 3.51. The van der Waals surface area contributed by atoms with Gasteiger partial charge in [0.05, 0.1) is 28.1 Å². The molecule has 0 spiro atoms. The molecular formula is C22H23N3O3S3. The highest BCUT2D eigenvalue weighted by Crippen LogP contribution is 2.38. The van der Waals surface area contributed by atoms with E-state index in [1.165, 1.54) is 11.3 Å². The zero-order valence-electron chi connectivity index (χ0n) is 17.3. The van der Waals surface area contributed by atoms with Crippen molar-refractivity contribution >= 4 is 51.5 Å². The van der Waals surface area contributed by atoms with Gasteiger partial charge in [-0.15, -0.1) is 34.0 Å². The molecule has 31 heavy (non-hydrogen) atoms. The molecule has 0 N–H and O–H groups in total. The molecule has 162 valence electrons. The van der Waals surface area contributed by atoms with E-state index < -0.39 is 0 Å². The van der Waals surface area contributed by atoms with E-state index in [2.05, 4.69) is 13.0 Å². The molecule has 4 heterocycles. The smallest absolute Gasteiger partial charge is 0.264 e. The third-order valence-electron chi connectivity index (χ3n) is 5.09. The van der Waals surface area contributed by atoms with Crippen LogP contribution in [0.4, 0.5) is 0 Å². The second-order valence-corrected chi connectivity index (χ2v) is 9.99. The highest BCUT2D eigenvalue weighted by Gasteiger charge is 2.36. The molecule has 4 rings (SSSR count). The molecule has 0 bridgehead atoms. The van der Waals surface area contributed by atoms with Crippen molar-refractivity contribution in [2.45, 2.75) is 19.4 Å². The summed E-state index contributed by atoms with van der Waals surface area (Å²) in [5.74, 6) is -0.351. The molecule has 3 aromatic heterocycles. The molecule has 0 aromatic carbocycles.